The van der Waals surface area contributed by atoms with E-state index in [4.69, 9.17) is 10.8 Å². The van der Waals surface area contributed by atoms with E-state index in [0.717, 1.165) is 12.1 Å². The molecular formula is C25H25F2NO3. The summed E-state index contributed by atoms with van der Waals surface area (Å²) in [6.07, 6.45) is -0.0976. The Kier molecular flexibility index (Phi) is 8.58. The Morgan fingerprint density at radius 3 is 2.03 bits per heavy atom. The molecule has 0 spiro atoms. The van der Waals surface area contributed by atoms with Crippen LogP contribution in [0.2, 0.25) is 0 Å². The Bertz CT molecular complexity index is 1020. The van der Waals surface area contributed by atoms with E-state index in [1.165, 1.54) is 30.7 Å². The maximum Gasteiger partial charge on any atom is 0.306 e. The van der Waals surface area contributed by atoms with Crippen molar-refractivity contribution in [2.75, 3.05) is 0 Å². The van der Waals surface area contributed by atoms with Crippen LogP contribution in [0.15, 0.2) is 72.8 Å². The predicted molar refractivity (Wildman–Crippen MR) is 117 cm³/mol. The number of aliphatic carboxylic acids is 1. The van der Waals surface area contributed by atoms with Gasteiger partial charge in [0.2, 0.25) is 0 Å². The van der Waals surface area contributed by atoms with Gasteiger partial charge in [0.1, 0.15) is 11.6 Å². The molecule has 0 saturated carbocycles. The Hall–Kier alpha value is -3.38. The van der Waals surface area contributed by atoms with Gasteiger partial charge < -0.3 is 10.8 Å². The second kappa shape index (κ2) is 11.1. The van der Waals surface area contributed by atoms with Crippen molar-refractivity contribution in [2.45, 2.75) is 26.3 Å². The molecule has 3 rings (SSSR count). The van der Waals surface area contributed by atoms with Crippen molar-refractivity contribution in [3.8, 4) is 11.1 Å². The molecule has 3 N–H and O–H groups in total. The van der Waals surface area contributed by atoms with Crippen molar-refractivity contribution in [1.29, 1.82) is 0 Å². The third-order valence-corrected chi connectivity index (χ3v) is 4.69. The van der Waals surface area contributed by atoms with E-state index in [-0.39, 0.29) is 23.8 Å². The van der Waals surface area contributed by atoms with Gasteiger partial charge in [-0.05, 0) is 30.2 Å². The minimum atomic E-state index is -1.03. The standard InChI is InChI=1S/C17H14F2O3.C8H11N/c1-10(17(21)22)8-16(20)12-4-2-11(3-5-12)14-7-6-13(18)9-15(14)19;1-7(9)8-5-3-2-4-6-8/h2-7,9-10H,8H2,1H3,(H,21,22);2-7H,9H2,1H3. The summed E-state index contributed by atoms with van der Waals surface area (Å²) in [5.74, 6) is -3.42. The number of carbonyl (C=O) groups is 2. The highest BCUT2D eigenvalue weighted by Crippen LogP contribution is 2.24. The highest BCUT2D eigenvalue weighted by molar-refractivity contribution is 5.98. The molecule has 3 aromatic carbocycles. The number of carbonyl (C=O) groups excluding carboxylic acids is 1. The number of hydrogen-bond acceptors (Lipinski definition) is 3. The summed E-state index contributed by atoms with van der Waals surface area (Å²) in [6, 6.07) is 19.6. The number of hydrogen-bond donors (Lipinski definition) is 2. The molecule has 0 aliphatic heterocycles. The highest BCUT2D eigenvalue weighted by atomic mass is 19.1. The molecular weight excluding hydrogens is 400 g/mol. The van der Waals surface area contributed by atoms with Crippen molar-refractivity contribution in [3.63, 3.8) is 0 Å². The first-order valence-electron chi connectivity index (χ1n) is 9.81. The zero-order valence-corrected chi connectivity index (χ0v) is 17.4. The molecule has 2 atom stereocenters. The third kappa shape index (κ3) is 7.12. The van der Waals surface area contributed by atoms with Crippen LogP contribution in [0.5, 0.6) is 0 Å². The molecule has 3 aromatic rings. The molecule has 0 amide bonds. The van der Waals surface area contributed by atoms with E-state index >= 15 is 0 Å². The highest BCUT2D eigenvalue weighted by Gasteiger charge is 2.17. The van der Waals surface area contributed by atoms with E-state index in [2.05, 4.69) is 0 Å². The molecule has 0 aromatic heterocycles. The van der Waals surface area contributed by atoms with Crippen molar-refractivity contribution >= 4 is 11.8 Å². The normalized spacial score (nSPS) is 12.3. The fourth-order valence-corrected chi connectivity index (χ4v) is 2.80. The first-order chi connectivity index (χ1) is 14.7. The number of halogens is 2. The lowest BCUT2D eigenvalue weighted by atomic mass is 9.97. The monoisotopic (exact) mass is 425 g/mol. The second-order valence-electron chi connectivity index (χ2n) is 7.27. The molecule has 31 heavy (non-hydrogen) atoms. The van der Waals surface area contributed by atoms with Gasteiger partial charge in [0, 0.05) is 29.7 Å². The fourth-order valence-electron chi connectivity index (χ4n) is 2.80. The van der Waals surface area contributed by atoms with Gasteiger partial charge in [-0.25, -0.2) is 8.78 Å². The van der Waals surface area contributed by atoms with Crippen molar-refractivity contribution in [1.82, 2.24) is 0 Å². The summed E-state index contributed by atoms with van der Waals surface area (Å²) in [7, 11) is 0. The first-order valence-corrected chi connectivity index (χ1v) is 9.81. The lowest BCUT2D eigenvalue weighted by Crippen LogP contribution is -2.14. The minimum absolute atomic E-state index is 0.0976. The SMILES string of the molecule is CC(CC(=O)c1ccc(-c2ccc(F)cc2F)cc1)C(=O)O.CC(N)c1ccccc1. The van der Waals surface area contributed by atoms with Crippen LogP contribution in [-0.2, 0) is 4.79 Å². The zero-order valence-electron chi connectivity index (χ0n) is 17.4. The molecule has 6 heteroatoms. The average Bonchev–Trinajstić information content (AvgIpc) is 2.75. The van der Waals surface area contributed by atoms with Gasteiger partial charge >= 0.3 is 5.97 Å². The van der Waals surface area contributed by atoms with Gasteiger partial charge in [-0.1, -0.05) is 61.5 Å². The molecule has 162 valence electrons. The molecule has 0 radical (unpaired) electrons. The van der Waals surface area contributed by atoms with Gasteiger partial charge in [-0.15, -0.1) is 0 Å². The number of rotatable bonds is 6. The Morgan fingerprint density at radius 2 is 1.55 bits per heavy atom. The number of Topliss-reactive ketones (excluding diaryl/α,β-unsaturated/α-hetero) is 1. The van der Waals surface area contributed by atoms with E-state index in [0.29, 0.717) is 11.1 Å². The Morgan fingerprint density at radius 1 is 0.935 bits per heavy atom. The Labute approximate surface area is 180 Å². The number of ketones is 1. The van der Waals surface area contributed by atoms with Crippen LogP contribution < -0.4 is 5.73 Å². The molecule has 0 aliphatic rings. The lowest BCUT2D eigenvalue weighted by molar-refractivity contribution is -0.141. The summed E-state index contributed by atoms with van der Waals surface area (Å²) < 4.78 is 26.6. The van der Waals surface area contributed by atoms with Crippen LogP contribution in [-0.4, -0.2) is 16.9 Å². The number of nitrogens with two attached hydrogens (primary N) is 1. The zero-order chi connectivity index (χ0) is 23.0. The van der Waals surface area contributed by atoms with Crippen LogP contribution in [0.25, 0.3) is 11.1 Å². The van der Waals surface area contributed by atoms with Crippen molar-refractivity contribution in [2.24, 2.45) is 11.7 Å². The maximum absolute atomic E-state index is 13.7. The topological polar surface area (TPSA) is 80.4 Å². The molecule has 0 bridgehead atoms. The minimum Gasteiger partial charge on any atom is -0.481 e. The molecule has 0 heterocycles. The van der Waals surface area contributed by atoms with Gasteiger partial charge in [0.25, 0.3) is 0 Å². The number of carboxylic acids is 1. The lowest BCUT2D eigenvalue weighted by Gasteiger charge is -2.07. The average molecular weight is 425 g/mol. The summed E-state index contributed by atoms with van der Waals surface area (Å²) in [4.78, 5) is 22.7. The maximum atomic E-state index is 13.7. The predicted octanol–water partition coefficient (Wildman–Crippen LogP) is 5.63. The van der Waals surface area contributed by atoms with Crippen molar-refractivity contribution in [3.05, 3.63) is 95.6 Å². The van der Waals surface area contributed by atoms with E-state index in [1.54, 1.807) is 12.1 Å². The largest absolute Gasteiger partial charge is 0.481 e. The number of benzene rings is 3. The van der Waals surface area contributed by atoms with Crippen LogP contribution >= 0.6 is 0 Å². The fraction of sp³-hybridized carbons (Fsp3) is 0.200. The number of carboxylic acid groups (broad SMARTS) is 1. The first kappa shape index (κ1) is 23.9. The van der Waals surface area contributed by atoms with E-state index < -0.39 is 23.5 Å². The third-order valence-electron chi connectivity index (χ3n) is 4.69. The van der Waals surface area contributed by atoms with E-state index in [9.17, 15) is 18.4 Å². The van der Waals surface area contributed by atoms with Gasteiger partial charge in [-0.3, -0.25) is 9.59 Å². The summed E-state index contributed by atoms with van der Waals surface area (Å²) in [6.45, 7) is 3.44. The van der Waals surface area contributed by atoms with Crippen LogP contribution in [0.3, 0.4) is 0 Å². The molecule has 2 unspecified atom stereocenters. The summed E-state index contributed by atoms with van der Waals surface area (Å²) in [5, 5.41) is 8.80. The van der Waals surface area contributed by atoms with Gasteiger partial charge in [0.15, 0.2) is 5.78 Å². The van der Waals surface area contributed by atoms with Gasteiger partial charge in [-0.2, -0.15) is 0 Å². The second-order valence-corrected chi connectivity index (χ2v) is 7.27. The molecule has 0 aliphatic carbocycles. The summed E-state index contributed by atoms with van der Waals surface area (Å²) >= 11 is 0. The van der Waals surface area contributed by atoms with Crippen LogP contribution in [0, 0.1) is 17.6 Å². The van der Waals surface area contributed by atoms with Crippen LogP contribution in [0.4, 0.5) is 8.78 Å². The molecule has 0 saturated heterocycles. The quantitative estimate of drug-likeness (QED) is 0.502. The van der Waals surface area contributed by atoms with Gasteiger partial charge in [0.05, 0.1) is 5.92 Å². The molecule has 0 fully saturated rings. The molecule has 4 nitrogen and oxygen atoms in total. The smallest absolute Gasteiger partial charge is 0.306 e. The summed E-state index contributed by atoms with van der Waals surface area (Å²) in [5.41, 5.74) is 7.92. The Balaban J connectivity index is 0.000000316. The van der Waals surface area contributed by atoms with Crippen molar-refractivity contribution < 1.29 is 23.5 Å². The van der Waals surface area contributed by atoms with Crippen LogP contribution in [0.1, 0.15) is 42.2 Å². The van der Waals surface area contributed by atoms with E-state index in [1.807, 2.05) is 37.3 Å².